The quantitative estimate of drug-likeness (QED) is 0.0987. The van der Waals surface area contributed by atoms with Gasteiger partial charge in [-0.25, -0.2) is 4.79 Å². The van der Waals surface area contributed by atoms with E-state index >= 15 is 0 Å². The van der Waals surface area contributed by atoms with E-state index in [2.05, 4.69) is 17.6 Å². The van der Waals surface area contributed by atoms with Crippen LogP contribution in [0.4, 0.5) is 0 Å². The van der Waals surface area contributed by atoms with E-state index in [-0.39, 0.29) is 53.8 Å². The first-order chi connectivity index (χ1) is 26.0. The van der Waals surface area contributed by atoms with Gasteiger partial charge in [0.05, 0.1) is 36.6 Å². The topological polar surface area (TPSA) is 154 Å². The molecule has 13 nitrogen and oxygen atoms in total. The number of nitrogens with one attached hydrogen (secondary N) is 3. The van der Waals surface area contributed by atoms with Gasteiger partial charge in [0.1, 0.15) is 17.7 Å². The Morgan fingerprint density at radius 2 is 1.55 bits per heavy atom. The number of likely N-dealkylation sites (N-methyl/N-ethyl adjacent to an activating group) is 1. The standard InChI is InChI=1S/C43H74N6O7/c1-16-28(4)36(48(13)39(52)35(27(2)3)46-41(44)47(11)12)33(54-14)26-34(50)49-24-20-23-32(49)37(55-15)29(5)38(51)45-31(25-30-21-18-17-19-22-30)40(53)56-43(9,10)42(6,7)8/h17-19,21-22,27-29,31-33,35-37H,16,20,23-26H2,1-15H3,(H2,44,46)(H,45,51)/t28-,29+,31-,32-,33+,35-,36-,37+/m0/s1. The molecule has 1 fully saturated rings. The molecule has 1 aromatic rings. The minimum Gasteiger partial charge on any atom is -0.458 e. The summed E-state index contributed by atoms with van der Waals surface area (Å²) in [5.41, 5.74) is -0.260. The molecular formula is C43H74N6O7. The summed E-state index contributed by atoms with van der Waals surface area (Å²) in [5, 5.41) is 14.4. The van der Waals surface area contributed by atoms with E-state index in [4.69, 9.17) is 19.6 Å². The van der Waals surface area contributed by atoms with Gasteiger partial charge in [0.2, 0.25) is 17.7 Å². The molecule has 0 bridgehead atoms. The molecule has 0 radical (unpaired) electrons. The van der Waals surface area contributed by atoms with Crippen molar-refractivity contribution in [2.24, 2.45) is 23.2 Å². The van der Waals surface area contributed by atoms with Crippen LogP contribution in [0.15, 0.2) is 30.3 Å². The highest BCUT2D eigenvalue weighted by Gasteiger charge is 2.44. The van der Waals surface area contributed by atoms with Crippen molar-refractivity contribution in [1.82, 2.24) is 25.3 Å². The summed E-state index contributed by atoms with van der Waals surface area (Å²) in [6, 6.07) is 7.10. The van der Waals surface area contributed by atoms with Crippen molar-refractivity contribution in [3.63, 3.8) is 0 Å². The second-order valence-corrected chi connectivity index (χ2v) is 17.6. The van der Waals surface area contributed by atoms with E-state index in [0.717, 1.165) is 18.4 Å². The molecular weight excluding hydrogens is 713 g/mol. The lowest BCUT2D eigenvalue weighted by Crippen LogP contribution is -2.58. The van der Waals surface area contributed by atoms with E-state index in [1.165, 1.54) is 0 Å². The van der Waals surface area contributed by atoms with Crippen molar-refractivity contribution < 1.29 is 33.4 Å². The van der Waals surface area contributed by atoms with E-state index in [0.29, 0.717) is 13.0 Å². The third-order valence-electron chi connectivity index (χ3n) is 12.0. The first-order valence-electron chi connectivity index (χ1n) is 20.2. The molecule has 3 N–H and O–H groups in total. The lowest BCUT2D eigenvalue weighted by atomic mass is 9.79. The van der Waals surface area contributed by atoms with Gasteiger partial charge in [-0.05, 0) is 44.1 Å². The maximum absolute atomic E-state index is 14.3. The Kier molecular flexibility index (Phi) is 18.3. The lowest BCUT2D eigenvalue weighted by Gasteiger charge is -2.41. The molecule has 0 unspecified atom stereocenters. The molecule has 0 saturated carbocycles. The van der Waals surface area contributed by atoms with Crippen molar-refractivity contribution in [3.05, 3.63) is 35.9 Å². The first kappa shape index (κ1) is 48.4. The van der Waals surface area contributed by atoms with Crippen LogP contribution in [0.5, 0.6) is 0 Å². The number of guanidine groups is 1. The Bertz CT molecular complexity index is 1450. The molecule has 1 saturated heterocycles. The highest BCUT2D eigenvalue weighted by Crippen LogP contribution is 2.34. The molecule has 0 aromatic heterocycles. The van der Waals surface area contributed by atoms with Gasteiger partial charge in [-0.2, -0.15) is 0 Å². The van der Waals surface area contributed by atoms with E-state index in [9.17, 15) is 19.2 Å². The second kappa shape index (κ2) is 21.2. The molecule has 1 heterocycles. The Balaban J connectivity index is 2.33. The number of amides is 3. The molecule has 8 atom stereocenters. The maximum atomic E-state index is 14.3. The number of carbonyl (C=O) groups excluding carboxylic acids is 4. The van der Waals surface area contributed by atoms with Gasteiger partial charge in [-0.3, -0.25) is 19.8 Å². The van der Waals surface area contributed by atoms with Gasteiger partial charge < -0.3 is 39.5 Å². The average molecular weight is 787 g/mol. The molecule has 3 amide bonds. The number of likely N-dealkylation sites (tertiary alicyclic amines) is 1. The van der Waals surface area contributed by atoms with Gasteiger partial charge in [-0.1, -0.05) is 92.1 Å². The first-order valence-corrected chi connectivity index (χ1v) is 20.2. The van der Waals surface area contributed by atoms with Crippen LogP contribution < -0.4 is 10.6 Å². The van der Waals surface area contributed by atoms with Crippen LogP contribution >= 0.6 is 0 Å². The summed E-state index contributed by atoms with van der Waals surface area (Å²) >= 11 is 0. The van der Waals surface area contributed by atoms with E-state index in [1.807, 2.05) is 85.7 Å². The molecule has 1 aliphatic heterocycles. The van der Waals surface area contributed by atoms with Crippen molar-refractivity contribution in [2.75, 3.05) is 41.9 Å². The Morgan fingerprint density at radius 1 is 0.946 bits per heavy atom. The van der Waals surface area contributed by atoms with Crippen molar-refractivity contribution >= 4 is 29.7 Å². The number of esters is 1. The molecule has 0 spiro atoms. The van der Waals surface area contributed by atoms with Crippen LogP contribution in [0, 0.1) is 28.6 Å². The summed E-state index contributed by atoms with van der Waals surface area (Å²) in [7, 11) is 8.35. The molecule has 0 aliphatic carbocycles. The van der Waals surface area contributed by atoms with Crippen LogP contribution in [0.25, 0.3) is 0 Å². The van der Waals surface area contributed by atoms with Crippen LogP contribution in [0.2, 0.25) is 0 Å². The third-order valence-corrected chi connectivity index (χ3v) is 12.0. The fraction of sp³-hybridized carbons (Fsp3) is 0.744. The van der Waals surface area contributed by atoms with Gasteiger partial charge in [0, 0.05) is 53.7 Å². The summed E-state index contributed by atoms with van der Waals surface area (Å²) in [5.74, 6) is -1.89. The molecule has 2 rings (SSSR count). The highest BCUT2D eigenvalue weighted by atomic mass is 16.6. The fourth-order valence-corrected chi connectivity index (χ4v) is 7.14. The summed E-state index contributed by atoms with van der Waals surface area (Å²) in [6.45, 7) is 20.0. The van der Waals surface area contributed by atoms with Gasteiger partial charge in [0.25, 0.3) is 0 Å². The van der Waals surface area contributed by atoms with Gasteiger partial charge in [0.15, 0.2) is 5.96 Å². The van der Waals surface area contributed by atoms with E-state index < -0.39 is 53.9 Å². The number of methoxy groups -OCH3 is 2. The Labute approximate surface area is 337 Å². The average Bonchev–Trinajstić information content (AvgIpc) is 3.62. The zero-order valence-corrected chi connectivity index (χ0v) is 37.0. The predicted molar refractivity (Wildman–Crippen MR) is 221 cm³/mol. The minimum absolute atomic E-state index is 0.00266. The molecule has 13 heteroatoms. The fourth-order valence-electron chi connectivity index (χ4n) is 7.14. The number of hydrogen-bond donors (Lipinski definition) is 3. The zero-order valence-electron chi connectivity index (χ0n) is 37.0. The van der Waals surface area contributed by atoms with Crippen LogP contribution in [-0.4, -0.2) is 128 Å². The number of benzene rings is 1. The number of rotatable bonds is 19. The zero-order chi connectivity index (χ0) is 42.7. The lowest BCUT2D eigenvalue weighted by molar-refractivity contribution is -0.171. The minimum atomic E-state index is -0.939. The van der Waals surface area contributed by atoms with E-state index in [1.54, 1.807) is 57.0 Å². The molecule has 56 heavy (non-hydrogen) atoms. The summed E-state index contributed by atoms with van der Waals surface area (Å²) in [6.07, 6.45) is 1.14. The highest BCUT2D eigenvalue weighted by molar-refractivity contribution is 5.88. The largest absolute Gasteiger partial charge is 0.458 e. The van der Waals surface area contributed by atoms with Crippen LogP contribution in [0.1, 0.15) is 100 Å². The third kappa shape index (κ3) is 12.6. The number of hydrogen-bond acceptors (Lipinski definition) is 8. The van der Waals surface area contributed by atoms with Crippen molar-refractivity contribution in [2.45, 2.75) is 143 Å². The summed E-state index contributed by atoms with van der Waals surface area (Å²) < 4.78 is 18.1. The number of ether oxygens (including phenoxy) is 3. The second-order valence-electron chi connectivity index (χ2n) is 17.6. The van der Waals surface area contributed by atoms with Gasteiger partial charge >= 0.3 is 5.97 Å². The molecule has 1 aliphatic rings. The smallest absolute Gasteiger partial charge is 0.329 e. The Morgan fingerprint density at radius 3 is 2.05 bits per heavy atom. The number of nitrogens with zero attached hydrogens (tertiary/aromatic N) is 3. The molecule has 318 valence electrons. The monoisotopic (exact) mass is 787 g/mol. The molecule has 1 aromatic carbocycles. The van der Waals surface area contributed by atoms with Crippen LogP contribution in [0.3, 0.4) is 0 Å². The SMILES string of the molecule is CC[C@H](C)[C@@H]([C@@H](CC(=O)N1CCC[C@H]1[C@H](OC)[C@@H](C)C(=O)N[C@@H](Cc1ccccc1)C(=O)OC(C)(C)C(C)(C)C)OC)N(C)C(=O)[C@@H](NC(=N)N(C)C)C(C)C. The predicted octanol–water partition coefficient (Wildman–Crippen LogP) is 5.11. The summed E-state index contributed by atoms with van der Waals surface area (Å²) in [4.78, 5) is 61.1. The maximum Gasteiger partial charge on any atom is 0.329 e. The normalized spacial score (nSPS) is 18.6. The van der Waals surface area contributed by atoms with Crippen molar-refractivity contribution in [3.8, 4) is 0 Å². The number of carbonyl (C=O) groups is 4. The van der Waals surface area contributed by atoms with Gasteiger partial charge in [-0.15, -0.1) is 0 Å². The Hall–Kier alpha value is -3.71. The van der Waals surface area contributed by atoms with Crippen molar-refractivity contribution in [1.29, 1.82) is 5.41 Å². The van der Waals surface area contributed by atoms with Crippen LogP contribution in [-0.2, 0) is 39.8 Å².